The molecule has 4 heteroatoms. The minimum atomic E-state index is -0.470. The van der Waals surface area contributed by atoms with E-state index in [1.54, 1.807) is 6.07 Å². The van der Waals surface area contributed by atoms with Crippen LogP contribution in [-0.2, 0) is 4.79 Å². The molecule has 0 aliphatic heterocycles. The summed E-state index contributed by atoms with van der Waals surface area (Å²) in [5.41, 5.74) is 0.886. The summed E-state index contributed by atoms with van der Waals surface area (Å²) in [6.07, 6.45) is 2.79. The molecule has 0 unspecified atom stereocenters. The smallest absolute Gasteiger partial charge is 0.269 e. The van der Waals surface area contributed by atoms with E-state index in [4.69, 9.17) is 10.1 Å². The number of hydrogen-bond donors (Lipinski definition) is 2. The Morgan fingerprint density at radius 3 is 2.78 bits per heavy atom. The van der Waals surface area contributed by atoms with Gasteiger partial charge in [0.15, 0.2) is 0 Å². The number of aryl methyl sites for hydroxylation is 1. The Hall–Kier alpha value is -2.36. The molecule has 4 nitrogen and oxygen atoms in total. The van der Waals surface area contributed by atoms with Crippen LogP contribution < -0.4 is 10.1 Å². The molecule has 0 radical (unpaired) electrons. The SMILES string of the molecule is C=C/C(=C\C(=N)C(=O)NC)Oc1cccc(C)c1. The van der Waals surface area contributed by atoms with E-state index in [9.17, 15) is 4.79 Å². The second-order valence-electron chi connectivity index (χ2n) is 3.66. The van der Waals surface area contributed by atoms with Gasteiger partial charge in [0.2, 0.25) is 0 Å². The van der Waals surface area contributed by atoms with Crippen molar-refractivity contribution in [3.63, 3.8) is 0 Å². The van der Waals surface area contributed by atoms with Gasteiger partial charge in [-0.25, -0.2) is 0 Å². The van der Waals surface area contributed by atoms with E-state index < -0.39 is 5.91 Å². The van der Waals surface area contributed by atoms with E-state index in [0.717, 1.165) is 5.56 Å². The summed E-state index contributed by atoms with van der Waals surface area (Å²) in [5, 5.41) is 9.89. The van der Waals surface area contributed by atoms with Gasteiger partial charge >= 0.3 is 0 Å². The minimum absolute atomic E-state index is 0.181. The largest absolute Gasteiger partial charge is 0.457 e. The van der Waals surface area contributed by atoms with E-state index in [1.807, 2.05) is 25.1 Å². The number of rotatable bonds is 5. The predicted octanol–water partition coefficient (Wildman–Crippen LogP) is 2.21. The van der Waals surface area contributed by atoms with Crippen LogP contribution in [0.4, 0.5) is 0 Å². The number of allylic oxidation sites excluding steroid dienone is 1. The topological polar surface area (TPSA) is 62.2 Å². The lowest BCUT2D eigenvalue weighted by molar-refractivity contribution is -0.114. The number of carbonyl (C=O) groups excluding carboxylic acids is 1. The third kappa shape index (κ3) is 3.90. The average Bonchev–Trinajstić information content (AvgIpc) is 2.36. The third-order valence-electron chi connectivity index (χ3n) is 2.18. The van der Waals surface area contributed by atoms with E-state index in [1.165, 1.54) is 19.2 Å². The Bertz CT molecular complexity index is 504. The molecule has 0 fully saturated rings. The molecule has 0 heterocycles. The van der Waals surface area contributed by atoms with Crippen LogP contribution in [-0.4, -0.2) is 18.7 Å². The van der Waals surface area contributed by atoms with E-state index in [-0.39, 0.29) is 5.71 Å². The molecule has 0 atom stereocenters. The molecule has 94 valence electrons. The number of hydrogen-bond acceptors (Lipinski definition) is 3. The molecule has 0 spiro atoms. The van der Waals surface area contributed by atoms with Crippen LogP contribution in [0.5, 0.6) is 5.75 Å². The molecule has 18 heavy (non-hydrogen) atoms. The first kappa shape index (κ1) is 13.7. The van der Waals surface area contributed by atoms with Crippen LogP contribution in [0.1, 0.15) is 5.56 Å². The van der Waals surface area contributed by atoms with Crippen LogP contribution in [0.25, 0.3) is 0 Å². The van der Waals surface area contributed by atoms with Crippen molar-refractivity contribution in [1.82, 2.24) is 5.32 Å². The molecule has 0 saturated heterocycles. The molecule has 0 saturated carbocycles. The second-order valence-corrected chi connectivity index (χ2v) is 3.66. The van der Waals surface area contributed by atoms with Gasteiger partial charge in [-0.3, -0.25) is 10.2 Å². The number of amides is 1. The van der Waals surface area contributed by atoms with Crippen molar-refractivity contribution in [2.24, 2.45) is 0 Å². The fourth-order valence-electron chi connectivity index (χ4n) is 1.29. The van der Waals surface area contributed by atoms with Gasteiger partial charge < -0.3 is 10.1 Å². The highest BCUT2D eigenvalue weighted by molar-refractivity contribution is 6.42. The molecule has 1 aromatic rings. The summed E-state index contributed by atoms with van der Waals surface area (Å²) in [5.74, 6) is 0.530. The molecule has 2 N–H and O–H groups in total. The van der Waals surface area contributed by atoms with Crippen molar-refractivity contribution in [3.8, 4) is 5.75 Å². The summed E-state index contributed by atoms with van der Waals surface area (Å²) >= 11 is 0. The first-order valence-corrected chi connectivity index (χ1v) is 5.46. The molecule has 0 bridgehead atoms. The fraction of sp³-hybridized carbons (Fsp3) is 0.143. The van der Waals surface area contributed by atoms with Crippen molar-refractivity contribution in [3.05, 3.63) is 54.3 Å². The zero-order chi connectivity index (χ0) is 13.5. The van der Waals surface area contributed by atoms with E-state index in [2.05, 4.69) is 11.9 Å². The number of ether oxygens (including phenoxy) is 1. The quantitative estimate of drug-likeness (QED) is 0.474. The molecule has 0 aromatic heterocycles. The first-order chi connectivity index (χ1) is 8.56. The van der Waals surface area contributed by atoms with Gasteiger partial charge in [-0.2, -0.15) is 0 Å². The van der Waals surface area contributed by atoms with Gasteiger partial charge in [0, 0.05) is 13.1 Å². The maximum absolute atomic E-state index is 11.2. The second kappa shape index (κ2) is 6.39. The van der Waals surface area contributed by atoms with Crippen molar-refractivity contribution >= 4 is 11.6 Å². The number of benzene rings is 1. The summed E-state index contributed by atoms with van der Waals surface area (Å²) in [6.45, 7) is 5.55. The Balaban J connectivity index is 2.85. The predicted molar refractivity (Wildman–Crippen MR) is 71.9 cm³/mol. The molecular formula is C14H16N2O2. The van der Waals surface area contributed by atoms with Crippen LogP contribution in [0, 0.1) is 12.3 Å². The third-order valence-corrected chi connectivity index (χ3v) is 2.18. The van der Waals surface area contributed by atoms with Crippen LogP contribution >= 0.6 is 0 Å². The van der Waals surface area contributed by atoms with Gasteiger partial charge in [0.25, 0.3) is 5.91 Å². The summed E-state index contributed by atoms with van der Waals surface area (Å²) in [7, 11) is 1.47. The van der Waals surface area contributed by atoms with Crippen LogP contribution in [0.15, 0.2) is 48.8 Å². The van der Waals surface area contributed by atoms with Gasteiger partial charge in [-0.05, 0) is 30.7 Å². The Kier molecular flexibility index (Phi) is 4.87. The van der Waals surface area contributed by atoms with E-state index in [0.29, 0.717) is 11.5 Å². The maximum Gasteiger partial charge on any atom is 0.269 e. The molecule has 1 amide bonds. The Morgan fingerprint density at radius 1 is 1.50 bits per heavy atom. The van der Waals surface area contributed by atoms with Crippen LogP contribution in [0.2, 0.25) is 0 Å². The Labute approximate surface area is 106 Å². The zero-order valence-corrected chi connectivity index (χ0v) is 10.5. The number of nitrogens with one attached hydrogen (secondary N) is 2. The lowest BCUT2D eigenvalue weighted by atomic mass is 10.2. The van der Waals surface area contributed by atoms with Crippen molar-refractivity contribution in [2.75, 3.05) is 7.05 Å². The lowest BCUT2D eigenvalue weighted by Gasteiger charge is -2.07. The highest BCUT2D eigenvalue weighted by atomic mass is 16.5. The normalized spacial score (nSPS) is 10.7. The van der Waals surface area contributed by atoms with Gasteiger partial charge in [-0.1, -0.05) is 18.7 Å². The van der Waals surface area contributed by atoms with Gasteiger partial charge in [0.05, 0.1) is 0 Å². The monoisotopic (exact) mass is 244 g/mol. The molecular weight excluding hydrogens is 228 g/mol. The van der Waals surface area contributed by atoms with Crippen molar-refractivity contribution in [2.45, 2.75) is 6.92 Å². The fourth-order valence-corrected chi connectivity index (χ4v) is 1.29. The Morgan fingerprint density at radius 2 is 2.22 bits per heavy atom. The average molecular weight is 244 g/mol. The van der Waals surface area contributed by atoms with Crippen LogP contribution in [0.3, 0.4) is 0 Å². The summed E-state index contributed by atoms with van der Waals surface area (Å²) < 4.78 is 5.53. The van der Waals surface area contributed by atoms with Gasteiger partial charge in [0.1, 0.15) is 17.2 Å². The van der Waals surface area contributed by atoms with Crippen molar-refractivity contribution < 1.29 is 9.53 Å². The molecule has 1 rings (SSSR count). The molecule has 1 aromatic carbocycles. The highest BCUT2D eigenvalue weighted by Gasteiger charge is 2.06. The first-order valence-electron chi connectivity index (χ1n) is 5.46. The van der Waals surface area contributed by atoms with Crippen molar-refractivity contribution in [1.29, 1.82) is 5.41 Å². The van der Waals surface area contributed by atoms with Gasteiger partial charge in [-0.15, -0.1) is 0 Å². The van der Waals surface area contributed by atoms with E-state index >= 15 is 0 Å². The number of carbonyl (C=O) groups is 1. The lowest BCUT2D eigenvalue weighted by Crippen LogP contribution is -2.25. The highest BCUT2D eigenvalue weighted by Crippen LogP contribution is 2.16. The maximum atomic E-state index is 11.2. The summed E-state index contributed by atoms with van der Waals surface area (Å²) in [6, 6.07) is 7.49. The molecule has 0 aliphatic carbocycles. The molecule has 0 aliphatic rings. The minimum Gasteiger partial charge on any atom is -0.457 e. The summed E-state index contributed by atoms with van der Waals surface area (Å²) in [4.78, 5) is 11.2. The standard InChI is InChI=1S/C14H16N2O2/c1-4-11(9-13(15)14(17)16-3)18-12-7-5-6-10(2)8-12/h4-9,15H,1H2,2-3H3,(H,16,17)/b11-9+,15-13?. The zero-order valence-electron chi connectivity index (χ0n) is 10.5.